The van der Waals surface area contributed by atoms with Crippen LogP contribution in [0.3, 0.4) is 0 Å². The van der Waals surface area contributed by atoms with Gasteiger partial charge in [0.15, 0.2) is 0 Å². The molecule has 0 radical (unpaired) electrons. The molecule has 0 aliphatic heterocycles. The Morgan fingerprint density at radius 1 is 1.35 bits per heavy atom. The second kappa shape index (κ2) is 8.04. The molecule has 1 N–H and O–H groups in total. The Kier molecular flexibility index (Phi) is 6.71. The third kappa shape index (κ3) is 4.63. The SMILES string of the molecule is CCNC(=O)C(C)N(Cc1cccc(Br)c1)C(=O)CC. The van der Waals surface area contributed by atoms with Crippen molar-refractivity contribution in [2.75, 3.05) is 6.54 Å². The smallest absolute Gasteiger partial charge is 0.242 e. The molecule has 5 heteroatoms. The Bertz CT molecular complexity index is 477. The van der Waals surface area contributed by atoms with Gasteiger partial charge in [0.25, 0.3) is 0 Å². The number of benzene rings is 1. The van der Waals surface area contributed by atoms with E-state index in [4.69, 9.17) is 0 Å². The van der Waals surface area contributed by atoms with Gasteiger partial charge in [-0.3, -0.25) is 9.59 Å². The average Bonchev–Trinajstić information content (AvgIpc) is 2.43. The highest BCUT2D eigenvalue weighted by atomic mass is 79.9. The molecule has 0 heterocycles. The lowest BCUT2D eigenvalue weighted by atomic mass is 10.1. The fraction of sp³-hybridized carbons (Fsp3) is 0.467. The highest BCUT2D eigenvalue weighted by Crippen LogP contribution is 2.15. The van der Waals surface area contributed by atoms with Gasteiger partial charge in [-0.25, -0.2) is 0 Å². The summed E-state index contributed by atoms with van der Waals surface area (Å²) in [5, 5.41) is 2.76. The van der Waals surface area contributed by atoms with Crippen molar-refractivity contribution in [3.8, 4) is 0 Å². The molecule has 0 aromatic heterocycles. The quantitative estimate of drug-likeness (QED) is 0.865. The van der Waals surface area contributed by atoms with Crippen molar-refractivity contribution in [3.05, 3.63) is 34.3 Å². The van der Waals surface area contributed by atoms with E-state index in [1.807, 2.05) is 31.2 Å². The summed E-state index contributed by atoms with van der Waals surface area (Å²) in [4.78, 5) is 25.7. The first-order chi connectivity index (χ1) is 9.49. The van der Waals surface area contributed by atoms with E-state index < -0.39 is 6.04 Å². The van der Waals surface area contributed by atoms with Gasteiger partial charge in [0.1, 0.15) is 6.04 Å². The average molecular weight is 341 g/mol. The molecule has 1 aromatic carbocycles. The van der Waals surface area contributed by atoms with E-state index in [1.54, 1.807) is 18.7 Å². The van der Waals surface area contributed by atoms with Gasteiger partial charge in [-0.05, 0) is 31.5 Å². The first kappa shape index (κ1) is 16.7. The number of nitrogens with one attached hydrogen (secondary N) is 1. The Morgan fingerprint density at radius 3 is 2.60 bits per heavy atom. The van der Waals surface area contributed by atoms with Crippen LogP contribution in [-0.2, 0) is 16.1 Å². The third-order valence-corrected chi connectivity index (χ3v) is 3.56. The van der Waals surface area contributed by atoms with Crippen LogP contribution in [0, 0.1) is 0 Å². The van der Waals surface area contributed by atoms with E-state index in [-0.39, 0.29) is 11.8 Å². The minimum atomic E-state index is -0.471. The minimum Gasteiger partial charge on any atom is -0.355 e. The molecule has 0 saturated heterocycles. The number of hydrogen-bond acceptors (Lipinski definition) is 2. The number of nitrogens with zero attached hydrogens (tertiary/aromatic N) is 1. The van der Waals surface area contributed by atoms with Gasteiger partial charge in [-0.15, -0.1) is 0 Å². The highest BCUT2D eigenvalue weighted by Gasteiger charge is 2.24. The van der Waals surface area contributed by atoms with Crippen molar-refractivity contribution in [2.45, 2.75) is 39.8 Å². The lowest BCUT2D eigenvalue weighted by Gasteiger charge is -2.28. The summed E-state index contributed by atoms with van der Waals surface area (Å²) in [6.07, 6.45) is 0.387. The van der Waals surface area contributed by atoms with E-state index in [2.05, 4.69) is 21.2 Å². The van der Waals surface area contributed by atoms with Crippen LogP contribution in [0.2, 0.25) is 0 Å². The van der Waals surface area contributed by atoms with E-state index in [9.17, 15) is 9.59 Å². The first-order valence-corrected chi connectivity index (χ1v) is 7.60. The summed E-state index contributed by atoms with van der Waals surface area (Å²) in [5.74, 6) is -0.145. The highest BCUT2D eigenvalue weighted by molar-refractivity contribution is 9.10. The molecular formula is C15H21BrN2O2. The fourth-order valence-electron chi connectivity index (χ4n) is 1.94. The van der Waals surface area contributed by atoms with Crippen molar-refractivity contribution < 1.29 is 9.59 Å². The molecule has 110 valence electrons. The van der Waals surface area contributed by atoms with Crippen molar-refractivity contribution in [1.82, 2.24) is 10.2 Å². The van der Waals surface area contributed by atoms with Crippen LogP contribution in [0.5, 0.6) is 0 Å². The van der Waals surface area contributed by atoms with Crippen LogP contribution in [0.25, 0.3) is 0 Å². The standard InChI is InChI=1S/C15H21BrN2O2/c1-4-14(19)18(11(3)15(20)17-5-2)10-12-7-6-8-13(16)9-12/h6-9,11H,4-5,10H2,1-3H3,(H,17,20). The number of halogens is 1. The molecule has 0 fully saturated rings. The second-order valence-electron chi connectivity index (χ2n) is 4.58. The molecule has 0 aliphatic carbocycles. The predicted molar refractivity (Wildman–Crippen MR) is 83.1 cm³/mol. The molecule has 4 nitrogen and oxygen atoms in total. The van der Waals surface area contributed by atoms with Gasteiger partial charge >= 0.3 is 0 Å². The predicted octanol–water partition coefficient (Wildman–Crippen LogP) is 2.71. The van der Waals surface area contributed by atoms with Crippen LogP contribution in [0.1, 0.15) is 32.8 Å². The van der Waals surface area contributed by atoms with Gasteiger partial charge < -0.3 is 10.2 Å². The normalized spacial score (nSPS) is 11.8. The monoisotopic (exact) mass is 340 g/mol. The number of amides is 2. The maximum absolute atomic E-state index is 12.1. The Labute approximate surface area is 128 Å². The van der Waals surface area contributed by atoms with Crippen molar-refractivity contribution in [3.63, 3.8) is 0 Å². The van der Waals surface area contributed by atoms with Crippen molar-refractivity contribution in [1.29, 1.82) is 0 Å². The summed E-state index contributed by atoms with van der Waals surface area (Å²) in [6.45, 7) is 6.43. The van der Waals surface area contributed by atoms with E-state index >= 15 is 0 Å². The number of rotatable bonds is 6. The van der Waals surface area contributed by atoms with E-state index in [1.165, 1.54) is 0 Å². The third-order valence-electron chi connectivity index (χ3n) is 3.06. The molecule has 0 spiro atoms. The Balaban J connectivity index is 2.89. The molecule has 0 saturated carbocycles. The van der Waals surface area contributed by atoms with Crippen LogP contribution < -0.4 is 5.32 Å². The van der Waals surface area contributed by atoms with Crippen molar-refractivity contribution >= 4 is 27.7 Å². The maximum atomic E-state index is 12.1. The van der Waals surface area contributed by atoms with Crippen LogP contribution in [0.4, 0.5) is 0 Å². The zero-order valence-corrected chi connectivity index (χ0v) is 13.7. The molecule has 1 atom stereocenters. The van der Waals surface area contributed by atoms with Gasteiger partial charge in [-0.1, -0.05) is 35.0 Å². The molecule has 1 aromatic rings. The van der Waals surface area contributed by atoms with Gasteiger partial charge in [0.05, 0.1) is 0 Å². The van der Waals surface area contributed by atoms with Gasteiger partial charge in [0.2, 0.25) is 11.8 Å². The minimum absolute atomic E-state index is 0.0243. The Morgan fingerprint density at radius 2 is 2.05 bits per heavy atom. The molecule has 20 heavy (non-hydrogen) atoms. The number of likely N-dealkylation sites (N-methyl/N-ethyl adjacent to an activating group) is 1. The van der Waals surface area contributed by atoms with Crippen molar-refractivity contribution in [2.24, 2.45) is 0 Å². The molecule has 1 rings (SSSR count). The van der Waals surface area contributed by atoms with E-state index in [0.717, 1.165) is 10.0 Å². The van der Waals surface area contributed by atoms with E-state index in [0.29, 0.717) is 19.5 Å². The lowest BCUT2D eigenvalue weighted by Crippen LogP contribution is -2.47. The Hall–Kier alpha value is -1.36. The lowest BCUT2D eigenvalue weighted by molar-refractivity contribution is -0.140. The van der Waals surface area contributed by atoms with Gasteiger partial charge in [-0.2, -0.15) is 0 Å². The summed E-state index contributed by atoms with van der Waals surface area (Å²) in [7, 11) is 0. The zero-order chi connectivity index (χ0) is 15.1. The largest absolute Gasteiger partial charge is 0.355 e. The van der Waals surface area contributed by atoms with Gasteiger partial charge in [0, 0.05) is 24.0 Å². The number of hydrogen-bond donors (Lipinski definition) is 1. The molecule has 2 amide bonds. The van der Waals surface area contributed by atoms with Crippen LogP contribution in [0.15, 0.2) is 28.7 Å². The molecule has 0 aliphatic rings. The second-order valence-corrected chi connectivity index (χ2v) is 5.49. The summed E-state index contributed by atoms with van der Waals surface area (Å²) < 4.78 is 0.963. The number of carbonyl (C=O) groups excluding carboxylic acids is 2. The van der Waals surface area contributed by atoms with Crippen LogP contribution in [-0.4, -0.2) is 29.3 Å². The summed E-state index contributed by atoms with van der Waals surface area (Å²) in [6, 6.07) is 7.29. The zero-order valence-electron chi connectivity index (χ0n) is 12.1. The fourth-order valence-corrected chi connectivity index (χ4v) is 2.39. The summed E-state index contributed by atoms with van der Waals surface area (Å²) in [5.41, 5.74) is 0.998. The van der Waals surface area contributed by atoms with Crippen LogP contribution >= 0.6 is 15.9 Å². The topological polar surface area (TPSA) is 49.4 Å². The number of carbonyl (C=O) groups is 2. The molecule has 0 bridgehead atoms. The first-order valence-electron chi connectivity index (χ1n) is 6.81. The maximum Gasteiger partial charge on any atom is 0.242 e. The molecular weight excluding hydrogens is 320 g/mol. The molecule has 1 unspecified atom stereocenters. The summed E-state index contributed by atoms with van der Waals surface area (Å²) >= 11 is 3.41.